The Hall–Kier alpha value is -1.56. The Morgan fingerprint density at radius 2 is 2.20 bits per heavy atom. The van der Waals surface area contributed by atoms with Gasteiger partial charge in [0.05, 0.1) is 5.52 Å². The van der Waals surface area contributed by atoms with Gasteiger partial charge in [0, 0.05) is 17.4 Å². The normalized spacial score (nSPS) is 11.6. The van der Waals surface area contributed by atoms with Crippen molar-refractivity contribution in [2.75, 3.05) is 6.54 Å². The van der Waals surface area contributed by atoms with Crippen LogP contribution >= 0.6 is 15.9 Å². The van der Waals surface area contributed by atoms with Crippen LogP contribution in [0.1, 0.15) is 26.6 Å². The van der Waals surface area contributed by atoms with Crippen LogP contribution < -0.4 is 5.32 Å². The third-order valence-corrected chi connectivity index (χ3v) is 3.18. The van der Waals surface area contributed by atoms with Crippen molar-refractivity contribution in [3.63, 3.8) is 0 Å². The molecule has 1 aromatic carbocycles. The summed E-state index contributed by atoms with van der Waals surface area (Å²) in [4.78, 5) is 19.2. The van der Waals surface area contributed by atoms with Crippen LogP contribution in [0.5, 0.6) is 0 Å². The van der Waals surface area contributed by atoms with E-state index in [2.05, 4.69) is 31.2 Å². The lowest BCUT2D eigenvalue weighted by Gasteiger charge is -2.19. The SMILES string of the molecule is CC(C)(C)OC(=O)NCCc1nc2c(Br)cccc2[nH]1. The van der Waals surface area contributed by atoms with Gasteiger partial charge in [-0.05, 0) is 48.8 Å². The highest BCUT2D eigenvalue weighted by Crippen LogP contribution is 2.21. The molecular weight excluding hydrogens is 322 g/mol. The summed E-state index contributed by atoms with van der Waals surface area (Å²) < 4.78 is 6.12. The largest absolute Gasteiger partial charge is 0.444 e. The van der Waals surface area contributed by atoms with E-state index in [1.165, 1.54) is 0 Å². The number of H-pyrrole nitrogens is 1. The first-order valence-electron chi connectivity index (χ1n) is 6.45. The van der Waals surface area contributed by atoms with Crippen molar-refractivity contribution in [1.29, 1.82) is 0 Å². The van der Waals surface area contributed by atoms with Gasteiger partial charge in [-0.1, -0.05) is 6.07 Å². The highest BCUT2D eigenvalue weighted by Gasteiger charge is 2.15. The molecule has 0 atom stereocenters. The minimum atomic E-state index is -0.478. The molecule has 108 valence electrons. The molecule has 1 heterocycles. The van der Waals surface area contributed by atoms with Gasteiger partial charge in [0.25, 0.3) is 0 Å². The summed E-state index contributed by atoms with van der Waals surface area (Å²) in [6.07, 6.45) is 0.218. The van der Waals surface area contributed by atoms with Crippen molar-refractivity contribution in [3.05, 3.63) is 28.5 Å². The number of fused-ring (bicyclic) bond motifs is 1. The molecule has 0 aliphatic rings. The molecule has 0 bridgehead atoms. The highest BCUT2D eigenvalue weighted by molar-refractivity contribution is 9.10. The molecule has 5 nitrogen and oxygen atoms in total. The molecule has 0 aliphatic carbocycles. The second-order valence-corrected chi connectivity index (χ2v) is 6.35. The number of benzene rings is 1. The Labute approximate surface area is 126 Å². The van der Waals surface area contributed by atoms with E-state index in [1.807, 2.05) is 39.0 Å². The van der Waals surface area contributed by atoms with Crippen molar-refractivity contribution < 1.29 is 9.53 Å². The summed E-state index contributed by atoms with van der Waals surface area (Å²) in [5.41, 5.74) is 1.40. The van der Waals surface area contributed by atoms with Crippen LogP contribution in [-0.4, -0.2) is 28.2 Å². The molecule has 0 saturated heterocycles. The number of carbonyl (C=O) groups is 1. The van der Waals surface area contributed by atoms with E-state index in [9.17, 15) is 4.79 Å². The molecule has 20 heavy (non-hydrogen) atoms. The van der Waals surface area contributed by atoms with E-state index in [0.29, 0.717) is 13.0 Å². The average Bonchev–Trinajstić information content (AvgIpc) is 2.71. The van der Waals surface area contributed by atoms with Gasteiger partial charge in [0.1, 0.15) is 16.9 Å². The van der Waals surface area contributed by atoms with Crippen molar-refractivity contribution in [2.45, 2.75) is 32.8 Å². The number of aromatic nitrogens is 2. The van der Waals surface area contributed by atoms with Crippen molar-refractivity contribution in [3.8, 4) is 0 Å². The predicted octanol–water partition coefficient (Wildman–Crippen LogP) is 3.39. The summed E-state index contributed by atoms with van der Waals surface area (Å²) in [5.74, 6) is 0.836. The number of hydrogen-bond donors (Lipinski definition) is 2. The first-order valence-corrected chi connectivity index (χ1v) is 7.24. The lowest BCUT2D eigenvalue weighted by Crippen LogP contribution is -2.33. The summed E-state index contributed by atoms with van der Waals surface area (Å²) in [7, 11) is 0. The first-order chi connectivity index (χ1) is 9.35. The smallest absolute Gasteiger partial charge is 0.407 e. The van der Waals surface area contributed by atoms with Gasteiger partial charge in [-0.15, -0.1) is 0 Å². The highest BCUT2D eigenvalue weighted by atomic mass is 79.9. The number of nitrogens with one attached hydrogen (secondary N) is 2. The van der Waals surface area contributed by atoms with E-state index in [0.717, 1.165) is 21.3 Å². The van der Waals surface area contributed by atoms with Gasteiger partial charge < -0.3 is 15.0 Å². The Morgan fingerprint density at radius 1 is 1.45 bits per heavy atom. The Morgan fingerprint density at radius 3 is 2.85 bits per heavy atom. The molecule has 2 rings (SSSR count). The van der Waals surface area contributed by atoms with E-state index >= 15 is 0 Å². The molecule has 2 aromatic rings. The number of alkyl carbamates (subject to hydrolysis) is 1. The lowest BCUT2D eigenvalue weighted by atomic mass is 10.2. The van der Waals surface area contributed by atoms with Crippen molar-refractivity contribution in [2.24, 2.45) is 0 Å². The molecule has 2 N–H and O–H groups in total. The number of ether oxygens (including phenoxy) is 1. The summed E-state index contributed by atoms with van der Waals surface area (Å²) >= 11 is 3.46. The number of halogens is 1. The monoisotopic (exact) mass is 339 g/mol. The number of rotatable bonds is 3. The van der Waals surface area contributed by atoms with E-state index in [4.69, 9.17) is 4.74 Å². The van der Waals surface area contributed by atoms with E-state index < -0.39 is 11.7 Å². The molecule has 0 unspecified atom stereocenters. The van der Waals surface area contributed by atoms with Crippen LogP contribution in [0.4, 0.5) is 4.79 Å². The van der Waals surface area contributed by atoms with Crippen LogP contribution in [0.15, 0.2) is 22.7 Å². The van der Waals surface area contributed by atoms with Crippen LogP contribution in [0, 0.1) is 0 Å². The lowest BCUT2D eigenvalue weighted by molar-refractivity contribution is 0.0528. The maximum Gasteiger partial charge on any atom is 0.407 e. The zero-order valence-electron chi connectivity index (χ0n) is 11.8. The van der Waals surface area contributed by atoms with Crippen LogP contribution in [-0.2, 0) is 11.2 Å². The zero-order chi connectivity index (χ0) is 14.8. The minimum absolute atomic E-state index is 0.408. The number of aromatic amines is 1. The number of amides is 1. The summed E-state index contributed by atoms with van der Waals surface area (Å²) in [5, 5.41) is 2.71. The first kappa shape index (κ1) is 14.8. The fraction of sp³-hybridized carbons (Fsp3) is 0.429. The zero-order valence-corrected chi connectivity index (χ0v) is 13.4. The van der Waals surface area contributed by atoms with Crippen LogP contribution in [0.2, 0.25) is 0 Å². The van der Waals surface area contributed by atoms with Crippen molar-refractivity contribution in [1.82, 2.24) is 15.3 Å². The average molecular weight is 340 g/mol. The Balaban J connectivity index is 1.90. The topological polar surface area (TPSA) is 67.0 Å². The third kappa shape index (κ3) is 3.96. The van der Waals surface area contributed by atoms with E-state index in [-0.39, 0.29) is 0 Å². The summed E-state index contributed by atoms with van der Waals surface area (Å²) in [6, 6.07) is 5.87. The number of hydrogen-bond acceptors (Lipinski definition) is 3. The summed E-state index contributed by atoms with van der Waals surface area (Å²) in [6.45, 7) is 5.99. The molecule has 0 fully saturated rings. The van der Waals surface area contributed by atoms with Gasteiger partial charge in [0.15, 0.2) is 0 Å². The second-order valence-electron chi connectivity index (χ2n) is 5.50. The quantitative estimate of drug-likeness (QED) is 0.900. The molecule has 0 aliphatic heterocycles. The molecular formula is C14H18BrN3O2. The van der Waals surface area contributed by atoms with Gasteiger partial charge in [0.2, 0.25) is 0 Å². The number of para-hydroxylation sites is 1. The second kappa shape index (κ2) is 5.83. The van der Waals surface area contributed by atoms with Gasteiger partial charge in [-0.25, -0.2) is 9.78 Å². The Kier molecular flexibility index (Phi) is 4.32. The van der Waals surface area contributed by atoms with Crippen LogP contribution in [0.3, 0.4) is 0 Å². The van der Waals surface area contributed by atoms with Crippen molar-refractivity contribution >= 4 is 33.1 Å². The van der Waals surface area contributed by atoms with E-state index in [1.54, 1.807) is 0 Å². The standard InChI is InChI=1S/C14H18BrN3O2/c1-14(2,3)20-13(19)16-8-7-11-17-10-6-4-5-9(15)12(10)18-11/h4-6H,7-8H2,1-3H3,(H,16,19)(H,17,18). The number of carbonyl (C=O) groups excluding carboxylic acids is 1. The number of imidazole rings is 1. The fourth-order valence-corrected chi connectivity index (χ4v) is 2.22. The van der Waals surface area contributed by atoms with Gasteiger partial charge in [-0.3, -0.25) is 0 Å². The predicted molar refractivity (Wildman–Crippen MR) is 81.7 cm³/mol. The third-order valence-electron chi connectivity index (χ3n) is 2.54. The maximum atomic E-state index is 11.5. The molecule has 0 spiro atoms. The molecule has 1 amide bonds. The van der Waals surface area contributed by atoms with Gasteiger partial charge >= 0.3 is 6.09 Å². The van der Waals surface area contributed by atoms with Crippen LogP contribution in [0.25, 0.3) is 11.0 Å². The molecule has 0 radical (unpaired) electrons. The molecule has 6 heteroatoms. The van der Waals surface area contributed by atoms with Gasteiger partial charge in [-0.2, -0.15) is 0 Å². The molecule has 0 saturated carbocycles. The Bertz CT molecular complexity index is 616. The number of nitrogens with zero attached hydrogens (tertiary/aromatic N) is 1. The minimum Gasteiger partial charge on any atom is -0.444 e. The fourth-order valence-electron chi connectivity index (χ4n) is 1.76. The molecule has 1 aromatic heterocycles. The maximum absolute atomic E-state index is 11.5.